The van der Waals surface area contributed by atoms with E-state index in [9.17, 15) is 4.79 Å². The molecule has 0 saturated heterocycles. The van der Waals surface area contributed by atoms with Crippen LogP contribution < -0.4 is 4.74 Å². The Morgan fingerprint density at radius 1 is 1.37 bits per heavy atom. The molecule has 0 spiro atoms. The molecule has 0 unspecified atom stereocenters. The fourth-order valence-corrected chi connectivity index (χ4v) is 3.11. The number of nitrogens with zero attached hydrogens (tertiary/aromatic N) is 2. The van der Waals surface area contributed by atoms with Crippen molar-refractivity contribution >= 4 is 22.6 Å². The SMILES string of the molecule is COc1ccccc1-c1csc2nc(C)c(C=O)n12. The minimum atomic E-state index is 0.595. The molecule has 0 aliphatic rings. The lowest BCUT2D eigenvalue weighted by atomic mass is 10.1. The van der Waals surface area contributed by atoms with Gasteiger partial charge in [-0.15, -0.1) is 11.3 Å². The summed E-state index contributed by atoms with van der Waals surface area (Å²) < 4.78 is 7.26. The number of thiazole rings is 1. The van der Waals surface area contributed by atoms with Crippen LogP contribution >= 0.6 is 11.3 Å². The Bertz CT molecular complexity index is 758. The number of aromatic nitrogens is 2. The maximum atomic E-state index is 11.3. The summed E-state index contributed by atoms with van der Waals surface area (Å²) in [5, 5.41) is 1.99. The van der Waals surface area contributed by atoms with Crippen LogP contribution in [0.1, 0.15) is 16.2 Å². The topological polar surface area (TPSA) is 43.6 Å². The molecule has 0 bridgehead atoms. The predicted molar refractivity (Wildman–Crippen MR) is 75.2 cm³/mol. The largest absolute Gasteiger partial charge is 0.496 e. The van der Waals surface area contributed by atoms with E-state index in [1.165, 1.54) is 11.3 Å². The average Bonchev–Trinajstić information content (AvgIpc) is 2.96. The van der Waals surface area contributed by atoms with Gasteiger partial charge < -0.3 is 4.74 Å². The number of fused-ring (bicyclic) bond motifs is 1. The smallest absolute Gasteiger partial charge is 0.194 e. The van der Waals surface area contributed by atoms with Crippen LogP contribution in [0.25, 0.3) is 16.2 Å². The first kappa shape index (κ1) is 11.9. The number of rotatable bonds is 3. The van der Waals surface area contributed by atoms with Crippen molar-refractivity contribution in [3.8, 4) is 17.0 Å². The molecule has 1 aromatic carbocycles. The van der Waals surface area contributed by atoms with E-state index in [0.717, 1.165) is 33.9 Å². The number of aryl methyl sites for hydroxylation is 1. The van der Waals surface area contributed by atoms with E-state index in [0.29, 0.717) is 5.69 Å². The highest BCUT2D eigenvalue weighted by molar-refractivity contribution is 7.15. The highest BCUT2D eigenvalue weighted by Gasteiger charge is 2.16. The van der Waals surface area contributed by atoms with Crippen molar-refractivity contribution < 1.29 is 9.53 Å². The van der Waals surface area contributed by atoms with Gasteiger partial charge in [-0.05, 0) is 19.1 Å². The van der Waals surface area contributed by atoms with E-state index in [1.807, 2.05) is 41.0 Å². The zero-order chi connectivity index (χ0) is 13.4. The molecule has 3 aromatic rings. The van der Waals surface area contributed by atoms with Gasteiger partial charge in [-0.1, -0.05) is 12.1 Å². The van der Waals surface area contributed by atoms with Crippen LogP contribution in [0.5, 0.6) is 5.75 Å². The molecular weight excluding hydrogens is 260 g/mol. The van der Waals surface area contributed by atoms with E-state index in [-0.39, 0.29) is 0 Å². The first-order valence-corrected chi connectivity index (χ1v) is 6.69. The Morgan fingerprint density at radius 3 is 2.89 bits per heavy atom. The van der Waals surface area contributed by atoms with E-state index < -0.39 is 0 Å². The number of carbonyl (C=O) groups excluding carboxylic acids is 1. The number of benzene rings is 1. The lowest BCUT2D eigenvalue weighted by Crippen LogP contribution is -1.95. The van der Waals surface area contributed by atoms with Gasteiger partial charge in [0, 0.05) is 10.9 Å². The first-order valence-electron chi connectivity index (χ1n) is 5.81. The van der Waals surface area contributed by atoms with Crippen molar-refractivity contribution in [3.63, 3.8) is 0 Å². The molecule has 0 saturated carbocycles. The number of hydrogen-bond donors (Lipinski definition) is 0. The highest BCUT2D eigenvalue weighted by atomic mass is 32.1. The number of para-hydroxylation sites is 1. The number of aldehydes is 1. The van der Waals surface area contributed by atoms with E-state index in [1.54, 1.807) is 7.11 Å². The van der Waals surface area contributed by atoms with Gasteiger partial charge in [-0.25, -0.2) is 4.98 Å². The van der Waals surface area contributed by atoms with Crippen LogP contribution in [0, 0.1) is 6.92 Å². The van der Waals surface area contributed by atoms with E-state index in [2.05, 4.69) is 4.98 Å². The first-order chi connectivity index (χ1) is 9.26. The minimum Gasteiger partial charge on any atom is -0.496 e. The Balaban J connectivity index is 2.33. The van der Waals surface area contributed by atoms with Crippen molar-refractivity contribution in [3.05, 3.63) is 41.0 Å². The monoisotopic (exact) mass is 272 g/mol. The molecule has 0 atom stereocenters. The normalized spacial score (nSPS) is 10.8. The van der Waals surface area contributed by atoms with Crippen molar-refractivity contribution in [2.75, 3.05) is 7.11 Å². The van der Waals surface area contributed by atoms with Crippen LogP contribution in [-0.4, -0.2) is 22.8 Å². The molecule has 0 fully saturated rings. The maximum absolute atomic E-state index is 11.3. The van der Waals surface area contributed by atoms with Crippen molar-refractivity contribution in [2.45, 2.75) is 6.92 Å². The summed E-state index contributed by atoms with van der Waals surface area (Å²) in [5.41, 5.74) is 3.23. The number of carbonyl (C=O) groups is 1. The zero-order valence-electron chi connectivity index (χ0n) is 10.6. The molecule has 19 heavy (non-hydrogen) atoms. The number of imidazole rings is 1. The lowest BCUT2D eigenvalue weighted by molar-refractivity contribution is 0.111. The summed E-state index contributed by atoms with van der Waals surface area (Å²) in [6, 6.07) is 7.75. The fourth-order valence-electron chi connectivity index (χ4n) is 2.17. The van der Waals surface area contributed by atoms with Gasteiger partial charge in [0.15, 0.2) is 11.2 Å². The standard InChI is InChI=1S/C14H12N2O2S/c1-9-11(7-17)16-12(8-19-14(16)15-9)10-5-3-4-6-13(10)18-2/h3-8H,1-2H3. The van der Waals surface area contributed by atoms with Gasteiger partial charge in [0.05, 0.1) is 18.5 Å². The van der Waals surface area contributed by atoms with Crippen LogP contribution in [0.2, 0.25) is 0 Å². The molecule has 0 radical (unpaired) electrons. The van der Waals surface area contributed by atoms with Crippen LogP contribution in [0.4, 0.5) is 0 Å². The second-order valence-corrected chi connectivity index (χ2v) is 4.98. The second kappa shape index (κ2) is 4.51. The molecule has 0 aliphatic heterocycles. The predicted octanol–water partition coefficient (Wildman–Crippen LogP) is 3.19. The molecule has 3 rings (SSSR count). The number of hydrogen-bond acceptors (Lipinski definition) is 4. The summed E-state index contributed by atoms with van der Waals surface area (Å²) in [6.45, 7) is 1.84. The fraction of sp³-hybridized carbons (Fsp3) is 0.143. The summed E-state index contributed by atoms with van der Waals surface area (Å²) in [4.78, 5) is 16.5. The summed E-state index contributed by atoms with van der Waals surface area (Å²) in [7, 11) is 1.64. The van der Waals surface area contributed by atoms with Crippen molar-refractivity contribution in [1.29, 1.82) is 0 Å². The molecule has 0 aliphatic carbocycles. The molecule has 5 heteroatoms. The average molecular weight is 272 g/mol. The minimum absolute atomic E-state index is 0.595. The van der Waals surface area contributed by atoms with Crippen LogP contribution in [0.15, 0.2) is 29.6 Å². The Labute approximate surface area is 114 Å². The van der Waals surface area contributed by atoms with Crippen LogP contribution in [0.3, 0.4) is 0 Å². The Hall–Kier alpha value is -2.14. The van der Waals surface area contributed by atoms with Crippen LogP contribution in [-0.2, 0) is 0 Å². The van der Waals surface area contributed by atoms with Crippen molar-refractivity contribution in [2.24, 2.45) is 0 Å². The Kier molecular flexibility index (Phi) is 2.83. The van der Waals surface area contributed by atoms with Gasteiger partial charge in [0.1, 0.15) is 11.4 Å². The molecule has 96 valence electrons. The molecular formula is C14H12N2O2S. The van der Waals surface area contributed by atoms with Gasteiger partial charge in [-0.3, -0.25) is 9.20 Å². The molecule has 4 nitrogen and oxygen atoms in total. The third-order valence-corrected chi connectivity index (χ3v) is 3.90. The summed E-state index contributed by atoms with van der Waals surface area (Å²) in [6.07, 6.45) is 0.848. The number of ether oxygens (including phenoxy) is 1. The van der Waals surface area contributed by atoms with Crippen molar-refractivity contribution in [1.82, 2.24) is 9.38 Å². The van der Waals surface area contributed by atoms with Gasteiger partial charge in [0.25, 0.3) is 0 Å². The quantitative estimate of drug-likeness (QED) is 0.688. The zero-order valence-corrected chi connectivity index (χ0v) is 11.4. The molecule has 2 aromatic heterocycles. The molecule has 2 heterocycles. The van der Waals surface area contributed by atoms with Gasteiger partial charge in [0.2, 0.25) is 0 Å². The summed E-state index contributed by atoms with van der Waals surface area (Å²) >= 11 is 1.52. The number of methoxy groups -OCH3 is 1. The third-order valence-electron chi connectivity index (χ3n) is 3.08. The highest BCUT2D eigenvalue weighted by Crippen LogP contribution is 2.33. The third kappa shape index (κ3) is 1.74. The lowest BCUT2D eigenvalue weighted by Gasteiger charge is -2.07. The van der Waals surface area contributed by atoms with E-state index >= 15 is 0 Å². The maximum Gasteiger partial charge on any atom is 0.194 e. The second-order valence-electron chi connectivity index (χ2n) is 4.14. The molecule has 0 N–H and O–H groups in total. The summed E-state index contributed by atoms with van der Waals surface area (Å²) in [5.74, 6) is 0.783. The van der Waals surface area contributed by atoms with Gasteiger partial charge >= 0.3 is 0 Å². The Morgan fingerprint density at radius 2 is 2.16 bits per heavy atom. The van der Waals surface area contributed by atoms with Gasteiger partial charge in [-0.2, -0.15) is 0 Å². The van der Waals surface area contributed by atoms with E-state index in [4.69, 9.17) is 4.74 Å². The molecule has 0 amide bonds.